The van der Waals surface area contributed by atoms with Crippen molar-refractivity contribution in [2.45, 2.75) is 57.1 Å². The van der Waals surface area contributed by atoms with E-state index in [9.17, 15) is 4.79 Å². The molecule has 0 saturated heterocycles. The van der Waals surface area contributed by atoms with Crippen LogP contribution < -0.4 is 10.1 Å². The van der Waals surface area contributed by atoms with E-state index in [1.807, 2.05) is 12.1 Å². The number of aryl methyl sites for hydroxylation is 1. The van der Waals surface area contributed by atoms with Gasteiger partial charge in [-0.15, -0.1) is 0 Å². The summed E-state index contributed by atoms with van der Waals surface area (Å²) in [6, 6.07) is 9.88. The van der Waals surface area contributed by atoms with Crippen molar-refractivity contribution in [3.63, 3.8) is 0 Å². The third-order valence-electron chi connectivity index (χ3n) is 5.47. The summed E-state index contributed by atoms with van der Waals surface area (Å²) in [7, 11) is 0. The van der Waals surface area contributed by atoms with Gasteiger partial charge in [-0.3, -0.25) is 4.79 Å². The van der Waals surface area contributed by atoms with Gasteiger partial charge in [-0.1, -0.05) is 24.1 Å². The van der Waals surface area contributed by atoms with Crippen molar-refractivity contribution in [3.05, 3.63) is 59.6 Å². The third-order valence-corrected chi connectivity index (χ3v) is 5.47. The normalized spacial score (nSPS) is 21.3. The molecule has 1 N–H and O–H groups in total. The maximum atomic E-state index is 12.5. The van der Waals surface area contributed by atoms with Crippen molar-refractivity contribution in [1.82, 2.24) is 5.32 Å². The standard InChI is InChI=1S/C22H25NO3/c1-16-7-9-20-18(14-16)19(15-22(26-20)11-3-2-4-12-22)23-21(24)10-8-17-6-5-13-25-17/h5-10,13-14,19H,2-4,11-12,15H2,1H3,(H,23,24). The van der Waals surface area contributed by atoms with Gasteiger partial charge < -0.3 is 14.5 Å². The second-order valence-electron chi connectivity index (χ2n) is 7.50. The lowest BCUT2D eigenvalue weighted by atomic mass is 9.77. The van der Waals surface area contributed by atoms with Crippen LogP contribution in [0.1, 0.15) is 61.5 Å². The highest BCUT2D eigenvalue weighted by Gasteiger charge is 2.42. The summed E-state index contributed by atoms with van der Waals surface area (Å²) < 4.78 is 11.7. The molecule has 0 radical (unpaired) electrons. The number of ether oxygens (including phenoxy) is 1. The predicted molar refractivity (Wildman–Crippen MR) is 101 cm³/mol. The number of carbonyl (C=O) groups excluding carboxylic acids is 1. The van der Waals surface area contributed by atoms with E-state index in [1.54, 1.807) is 12.3 Å². The van der Waals surface area contributed by atoms with Crippen LogP contribution in [-0.2, 0) is 4.79 Å². The SMILES string of the molecule is Cc1ccc2c(c1)C(NC(=O)C=Cc1ccco1)CC1(CCCCC1)O2. The van der Waals surface area contributed by atoms with Crippen molar-refractivity contribution < 1.29 is 13.9 Å². The molecule has 136 valence electrons. The molecular formula is C22H25NO3. The van der Waals surface area contributed by atoms with E-state index in [0.717, 1.165) is 30.6 Å². The van der Waals surface area contributed by atoms with Crippen molar-refractivity contribution in [2.75, 3.05) is 0 Å². The zero-order valence-electron chi connectivity index (χ0n) is 15.2. The first-order chi connectivity index (χ1) is 12.6. The molecule has 1 amide bonds. The van der Waals surface area contributed by atoms with Gasteiger partial charge in [-0.05, 0) is 56.9 Å². The summed E-state index contributed by atoms with van der Waals surface area (Å²) in [6.45, 7) is 2.07. The molecule has 1 saturated carbocycles. The summed E-state index contributed by atoms with van der Waals surface area (Å²) in [6.07, 6.45) is 11.5. The Balaban J connectivity index is 1.56. The van der Waals surface area contributed by atoms with Gasteiger partial charge in [0.1, 0.15) is 17.1 Å². The largest absolute Gasteiger partial charge is 0.487 e. The van der Waals surface area contributed by atoms with Crippen LogP contribution in [0.25, 0.3) is 6.08 Å². The van der Waals surface area contributed by atoms with Crippen LogP contribution in [-0.4, -0.2) is 11.5 Å². The van der Waals surface area contributed by atoms with Gasteiger partial charge in [0.15, 0.2) is 0 Å². The molecule has 1 fully saturated rings. The number of fused-ring (bicyclic) bond motifs is 1. The third kappa shape index (κ3) is 3.55. The second-order valence-corrected chi connectivity index (χ2v) is 7.50. The van der Waals surface area contributed by atoms with Crippen LogP contribution in [0, 0.1) is 6.92 Å². The number of benzene rings is 1. The molecule has 4 heteroatoms. The summed E-state index contributed by atoms with van der Waals surface area (Å²) in [4.78, 5) is 12.5. The summed E-state index contributed by atoms with van der Waals surface area (Å²) in [5.41, 5.74) is 2.13. The molecule has 1 unspecified atom stereocenters. The number of carbonyl (C=O) groups is 1. The molecule has 2 heterocycles. The Bertz CT molecular complexity index is 801. The summed E-state index contributed by atoms with van der Waals surface area (Å²) in [5.74, 6) is 1.49. The number of amides is 1. The predicted octanol–water partition coefficient (Wildman–Crippen LogP) is 4.94. The monoisotopic (exact) mass is 351 g/mol. The van der Waals surface area contributed by atoms with Gasteiger partial charge in [-0.2, -0.15) is 0 Å². The van der Waals surface area contributed by atoms with Gasteiger partial charge in [-0.25, -0.2) is 0 Å². The summed E-state index contributed by atoms with van der Waals surface area (Å²) in [5, 5.41) is 3.19. The minimum Gasteiger partial charge on any atom is -0.487 e. The summed E-state index contributed by atoms with van der Waals surface area (Å²) >= 11 is 0. The quantitative estimate of drug-likeness (QED) is 0.797. The maximum absolute atomic E-state index is 12.5. The molecule has 1 aromatic carbocycles. The highest BCUT2D eigenvalue weighted by molar-refractivity contribution is 5.91. The van der Waals surface area contributed by atoms with Gasteiger partial charge in [0.25, 0.3) is 0 Å². The van der Waals surface area contributed by atoms with E-state index in [4.69, 9.17) is 9.15 Å². The number of hydrogen-bond donors (Lipinski definition) is 1. The fourth-order valence-electron chi connectivity index (χ4n) is 4.18. The van der Waals surface area contributed by atoms with Gasteiger partial charge in [0.2, 0.25) is 5.91 Å². The molecule has 1 aliphatic carbocycles. The molecule has 1 aliphatic heterocycles. The van der Waals surface area contributed by atoms with Gasteiger partial charge >= 0.3 is 0 Å². The Hall–Kier alpha value is -2.49. The molecule has 4 rings (SSSR count). The lowest BCUT2D eigenvalue weighted by molar-refractivity contribution is -0.118. The molecule has 1 aromatic heterocycles. The van der Waals surface area contributed by atoms with Gasteiger partial charge in [0.05, 0.1) is 12.3 Å². The van der Waals surface area contributed by atoms with Gasteiger partial charge in [0, 0.05) is 18.1 Å². The molecular weight excluding hydrogens is 326 g/mol. The van der Waals surface area contributed by atoms with Crippen molar-refractivity contribution in [1.29, 1.82) is 0 Å². The Morgan fingerprint density at radius 1 is 1.23 bits per heavy atom. The maximum Gasteiger partial charge on any atom is 0.244 e. The van der Waals surface area contributed by atoms with Crippen LogP contribution in [0.5, 0.6) is 5.75 Å². The van der Waals surface area contributed by atoms with Crippen molar-refractivity contribution in [2.24, 2.45) is 0 Å². The van der Waals surface area contributed by atoms with Crippen LogP contribution >= 0.6 is 0 Å². The van der Waals surface area contributed by atoms with E-state index in [-0.39, 0.29) is 17.6 Å². The van der Waals surface area contributed by atoms with Crippen LogP contribution in [0.4, 0.5) is 0 Å². The van der Waals surface area contributed by atoms with E-state index in [0.29, 0.717) is 5.76 Å². The Labute approximate surface area is 154 Å². The molecule has 2 aliphatic rings. The molecule has 0 bridgehead atoms. The first-order valence-electron chi connectivity index (χ1n) is 9.45. The number of rotatable bonds is 3. The van der Waals surface area contributed by atoms with E-state index < -0.39 is 0 Å². The second kappa shape index (κ2) is 7.02. The minimum atomic E-state index is -0.136. The van der Waals surface area contributed by atoms with Crippen LogP contribution in [0.3, 0.4) is 0 Å². The van der Waals surface area contributed by atoms with Crippen molar-refractivity contribution in [3.8, 4) is 5.75 Å². The fraction of sp³-hybridized carbons (Fsp3) is 0.409. The molecule has 1 spiro atoms. The van der Waals surface area contributed by atoms with Crippen LogP contribution in [0.15, 0.2) is 47.1 Å². The molecule has 2 aromatic rings. The van der Waals surface area contributed by atoms with Crippen molar-refractivity contribution >= 4 is 12.0 Å². The minimum absolute atomic E-state index is 0.0227. The fourth-order valence-corrected chi connectivity index (χ4v) is 4.18. The van der Waals surface area contributed by atoms with E-state index in [1.165, 1.54) is 30.9 Å². The average Bonchev–Trinajstić information content (AvgIpc) is 3.15. The Morgan fingerprint density at radius 3 is 2.85 bits per heavy atom. The Kier molecular flexibility index (Phi) is 4.58. The number of nitrogens with one attached hydrogen (secondary N) is 1. The molecule has 4 nitrogen and oxygen atoms in total. The average molecular weight is 351 g/mol. The highest BCUT2D eigenvalue weighted by atomic mass is 16.5. The number of hydrogen-bond acceptors (Lipinski definition) is 3. The van der Waals surface area contributed by atoms with Crippen LogP contribution in [0.2, 0.25) is 0 Å². The lowest BCUT2D eigenvalue weighted by Gasteiger charge is -2.44. The zero-order chi connectivity index (χ0) is 18.0. The highest BCUT2D eigenvalue weighted by Crippen LogP contribution is 2.46. The first-order valence-corrected chi connectivity index (χ1v) is 9.45. The Morgan fingerprint density at radius 2 is 2.08 bits per heavy atom. The molecule has 26 heavy (non-hydrogen) atoms. The zero-order valence-corrected chi connectivity index (χ0v) is 15.2. The number of furan rings is 1. The topological polar surface area (TPSA) is 51.5 Å². The van der Waals surface area contributed by atoms with E-state index in [2.05, 4.69) is 30.4 Å². The first kappa shape index (κ1) is 17.0. The smallest absolute Gasteiger partial charge is 0.244 e. The molecule has 1 atom stereocenters. The lowest BCUT2D eigenvalue weighted by Crippen LogP contribution is -2.46. The van der Waals surface area contributed by atoms with E-state index >= 15 is 0 Å².